The Morgan fingerprint density at radius 3 is 2.35 bits per heavy atom. The summed E-state index contributed by atoms with van der Waals surface area (Å²) in [6.07, 6.45) is -0.656. The number of carboxylic acids is 1. The predicted octanol–water partition coefficient (Wildman–Crippen LogP) is 3.50. The van der Waals surface area contributed by atoms with Gasteiger partial charge in [-0.1, -0.05) is 30.3 Å². The van der Waals surface area contributed by atoms with Crippen LogP contribution in [0.4, 0.5) is 16.2 Å². The van der Waals surface area contributed by atoms with E-state index in [0.717, 1.165) is 16.2 Å². The molecular formula is C27H28Cl2N4O6S. The maximum absolute atomic E-state index is 12.8. The fourth-order valence-electron chi connectivity index (χ4n) is 4.44. The number of aliphatic carboxylic acids is 1. The summed E-state index contributed by atoms with van der Waals surface area (Å²) in [7, 11) is 0. The molecular weight excluding hydrogens is 579 g/mol. The number of carbonyl (C=O) groups excluding carboxylic acids is 3. The zero-order valence-corrected chi connectivity index (χ0v) is 23.7. The van der Waals surface area contributed by atoms with E-state index in [1.165, 1.54) is 11.8 Å². The molecule has 4 rings (SSSR count). The molecule has 13 heteroatoms. The molecule has 10 nitrogen and oxygen atoms in total. The number of β-lactam (4-membered cyclic amide) rings is 1. The molecule has 2 aromatic rings. The minimum atomic E-state index is -1.30. The number of benzene rings is 2. The molecule has 0 spiro atoms. The normalized spacial score (nSPS) is 17.9. The summed E-state index contributed by atoms with van der Waals surface area (Å²) in [5.74, 6) is -1.03. The van der Waals surface area contributed by atoms with Crippen LogP contribution >= 0.6 is 35.0 Å². The second-order valence-electron chi connectivity index (χ2n) is 8.99. The van der Waals surface area contributed by atoms with E-state index in [4.69, 9.17) is 27.9 Å². The SMILES string of the molecule is O=C(Cc1ccccc1)N[C@H]1C(=O)N2C(C(=O)O)=C(COC(=O)Nc3ccc(N(CCCl)CCCl)cc3)CS[C@H]12. The van der Waals surface area contributed by atoms with Crippen LogP contribution in [0.15, 0.2) is 65.9 Å². The van der Waals surface area contributed by atoms with E-state index in [1.54, 1.807) is 12.1 Å². The summed E-state index contributed by atoms with van der Waals surface area (Å²) in [6.45, 7) is 0.950. The lowest BCUT2D eigenvalue weighted by Gasteiger charge is -2.49. The number of halogens is 2. The molecule has 2 heterocycles. The third-order valence-corrected chi connectivity index (χ3v) is 8.02. The van der Waals surface area contributed by atoms with Crippen LogP contribution in [0.2, 0.25) is 0 Å². The van der Waals surface area contributed by atoms with Crippen molar-refractivity contribution in [2.45, 2.75) is 17.8 Å². The standard InChI is InChI=1S/C27H28Cl2N4O6S/c28-10-12-32(13-11-29)20-8-6-19(7-9-20)30-27(38)39-15-18-16-40-25-22(24(35)33(25)23(18)26(36)37)31-21(34)14-17-4-2-1-3-5-17/h1-9,22,25H,10-16H2,(H,30,38)(H,31,34)(H,36,37)/t22-,25+/m0/s1. The number of alkyl halides is 2. The van der Waals surface area contributed by atoms with Crippen LogP contribution in [0.25, 0.3) is 0 Å². The molecule has 0 aromatic heterocycles. The number of hydrogen-bond donors (Lipinski definition) is 3. The average Bonchev–Trinajstić information content (AvgIpc) is 2.95. The Morgan fingerprint density at radius 2 is 1.73 bits per heavy atom. The van der Waals surface area contributed by atoms with Crippen molar-refractivity contribution in [2.24, 2.45) is 0 Å². The zero-order valence-electron chi connectivity index (χ0n) is 21.3. The maximum atomic E-state index is 12.8. The first kappa shape index (κ1) is 29.6. The molecule has 2 aliphatic rings. The highest BCUT2D eigenvalue weighted by Crippen LogP contribution is 2.40. The molecule has 2 aromatic carbocycles. The first-order chi connectivity index (χ1) is 19.3. The number of carboxylic acid groups (broad SMARTS) is 1. The number of carbonyl (C=O) groups is 4. The van der Waals surface area contributed by atoms with Crippen LogP contribution in [0, 0.1) is 0 Å². The van der Waals surface area contributed by atoms with Gasteiger partial charge in [0.05, 0.1) is 6.42 Å². The van der Waals surface area contributed by atoms with Crippen molar-refractivity contribution >= 4 is 70.2 Å². The summed E-state index contributed by atoms with van der Waals surface area (Å²) in [5, 5.41) is 14.6. The van der Waals surface area contributed by atoms with Crippen molar-refractivity contribution < 1.29 is 29.0 Å². The molecule has 0 aliphatic carbocycles. The Balaban J connectivity index is 1.33. The highest BCUT2D eigenvalue weighted by atomic mass is 35.5. The summed E-state index contributed by atoms with van der Waals surface area (Å²) in [5.41, 5.74) is 2.26. The fourth-order valence-corrected chi connectivity index (χ4v) is 6.17. The Bertz CT molecular complexity index is 1270. The number of nitrogens with one attached hydrogen (secondary N) is 2. The quantitative estimate of drug-likeness (QED) is 0.247. The van der Waals surface area contributed by atoms with E-state index in [9.17, 15) is 24.3 Å². The van der Waals surface area contributed by atoms with Crippen LogP contribution in [-0.4, -0.2) is 82.5 Å². The Kier molecular flexibility index (Phi) is 10.2. The maximum Gasteiger partial charge on any atom is 0.411 e. The minimum absolute atomic E-state index is 0.111. The first-order valence-electron chi connectivity index (χ1n) is 12.5. The van der Waals surface area contributed by atoms with E-state index < -0.39 is 29.4 Å². The number of ether oxygens (including phenoxy) is 1. The summed E-state index contributed by atoms with van der Waals surface area (Å²) < 4.78 is 5.28. The molecule has 1 saturated heterocycles. The van der Waals surface area contributed by atoms with Crippen LogP contribution in [0.5, 0.6) is 0 Å². The van der Waals surface area contributed by atoms with Gasteiger partial charge in [0.2, 0.25) is 5.91 Å². The number of fused-ring (bicyclic) bond motifs is 1. The largest absolute Gasteiger partial charge is 0.477 e. The molecule has 40 heavy (non-hydrogen) atoms. The van der Waals surface area contributed by atoms with Crippen LogP contribution in [0.1, 0.15) is 5.56 Å². The first-order valence-corrected chi connectivity index (χ1v) is 14.6. The van der Waals surface area contributed by atoms with Gasteiger partial charge in [0.1, 0.15) is 23.7 Å². The molecule has 0 radical (unpaired) electrons. The second kappa shape index (κ2) is 13.8. The molecule has 0 saturated carbocycles. The van der Waals surface area contributed by atoms with Gasteiger partial charge in [-0.05, 0) is 29.8 Å². The number of anilines is 2. The number of hydrogen-bond acceptors (Lipinski definition) is 7. The van der Waals surface area contributed by atoms with E-state index in [2.05, 4.69) is 10.6 Å². The summed E-state index contributed by atoms with van der Waals surface area (Å²) >= 11 is 13.0. The van der Waals surface area contributed by atoms with E-state index in [0.29, 0.717) is 36.1 Å². The van der Waals surface area contributed by atoms with Crippen LogP contribution in [0.3, 0.4) is 0 Å². The number of nitrogens with zero attached hydrogens (tertiary/aromatic N) is 2. The molecule has 0 unspecified atom stereocenters. The molecule has 212 valence electrons. The van der Waals surface area contributed by atoms with Gasteiger partial charge in [-0.3, -0.25) is 19.8 Å². The van der Waals surface area contributed by atoms with Crippen molar-refractivity contribution in [3.05, 3.63) is 71.4 Å². The monoisotopic (exact) mass is 606 g/mol. The average molecular weight is 608 g/mol. The van der Waals surface area contributed by atoms with Gasteiger partial charge in [-0.2, -0.15) is 0 Å². The lowest BCUT2D eigenvalue weighted by Crippen LogP contribution is -2.70. The third-order valence-electron chi connectivity index (χ3n) is 6.34. The van der Waals surface area contributed by atoms with Crippen LogP contribution in [-0.2, 0) is 25.5 Å². The van der Waals surface area contributed by atoms with Gasteiger partial charge in [0.15, 0.2) is 0 Å². The summed E-state index contributed by atoms with van der Waals surface area (Å²) in [6, 6.07) is 15.3. The smallest absolute Gasteiger partial charge is 0.411 e. The molecule has 3 amide bonds. The third kappa shape index (κ3) is 7.01. The van der Waals surface area contributed by atoms with Crippen molar-refractivity contribution in [1.29, 1.82) is 0 Å². The second-order valence-corrected chi connectivity index (χ2v) is 10.8. The molecule has 1 fully saturated rings. The fraction of sp³-hybridized carbons (Fsp3) is 0.333. The molecule has 0 bridgehead atoms. The van der Waals surface area contributed by atoms with Gasteiger partial charge < -0.3 is 20.1 Å². The lowest BCUT2D eigenvalue weighted by molar-refractivity contribution is -0.150. The number of amides is 3. The highest BCUT2D eigenvalue weighted by Gasteiger charge is 2.54. The summed E-state index contributed by atoms with van der Waals surface area (Å²) in [4.78, 5) is 52.9. The highest BCUT2D eigenvalue weighted by molar-refractivity contribution is 8.00. The predicted molar refractivity (Wildman–Crippen MR) is 155 cm³/mol. The Hall–Kier alpha value is -3.41. The van der Waals surface area contributed by atoms with Gasteiger partial charge >= 0.3 is 12.1 Å². The molecule has 2 aliphatic heterocycles. The number of thioether (sulfide) groups is 1. The zero-order chi connectivity index (χ0) is 28.6. The van der Waals surface area contributed by atoms with E-state index in [-0.39, 0.29) is 30.4 Å². The molecule has 3 N–H and O–H groups in total. The Morgan fingerprint density at radius 1 is 1.05 bits per heavy atom. The van der Waals surface area contributed by atoms with Crippen LogP contribution < -0.4 is 15.5 Å². The Labute approximate surface area is 245 Å². The van der Waals surface area contributed by atoms with E-state index in [1.807, 2.05) is 47.4 Å². The van der Waals surface area contributed by atoms with Crippen molar-refractivity contribution in [3.8, 4) is 0 Å². The van der Waals surface area contributed by atoms with E-state index >= 15 is 0 Å². The molecule has 2 atom stereocenters. The van der Waals surface area contributed by atoms with Gasteiger partial charge in [-0.25, -0.2) is 9.59 Å². The topological polar surface area (TPSA) is 128 Å². The number of rotatable bonds is 12. The van der Waals surface area contributed by atoms with Crippen molar-refractivity contribution in [1.82, 2.24) is 10.2 Å². The minimum Gasteiger partial charge on any atom is -0.477 e. The van der Waals surface area contributed by atoms with Gasteiger partial charge in [0.25, 0.3) is 5.91 Å². The van der Waals surface area contributed by atoms with Gasteiger partial charge in [-0.15, -0.1) is 35.0 Å². The van der Waals surface area contributed by atoms with Gasteiger partial charge in [0, 0.05) is 47.6 Å². The van der Waals surface area contributed by atoms with Crippen molar-refractivity contribution in [2.75, 3.05) is 47.4 Å². The lowest BCUT2D eigenvalue weighted by atomic mass is 10.0. The van der Waals surface area contributed by atoms with Crippen molar-refractivity contribution in [3.63, 3.8) is 0 Å².